The molecular weight excluding hydrogens is 236 g/mol. The summed E-state index contributed by atoms with van der Waals surface area (Å²) < 4.78 is 0. The monoisotopic (exact) mass is 250 g/mol. The van der Waals surface area contributed by atoms with Crippen LogP contribution in [0, 0.1) is 18.3 Å². The van der Waals surface area contributed by atoms with Gasteiger partial charge in [-0.1, -0.05) is 30.7 Å². The van der Waals surface area contributed by atoms with Crippen LogP contribution in [0.5, 0.6) is 0 Å². The Balaban J connectivity index is 2.99. The van der Waals surface area contributed by atoms with Gasteiger partial charge in [-0.3, -0.25) is 4.79 Å². The molecule has 0 aliphatic rings. The fourth-order valence-electron chi connectivity index (χ4n) is 1.34. The zero-order chi connectivity index (χ0) is 13.1. The van der Waals surface area contributed by atoms with E-state index in [1.165, 1.54) is 0 Å². The molecule has 0 spiro atoms. The van der Waals surface area contributed by atoms with E-state index in [0.717, 1.165) is 5.56 Å². The number of halogens is 1. The lowest BCUT2D eigenvalue weighted by Gasteiger charge is -2.21. The summed E-state index contributed by atoms with van der Waals surface area (Å²) in [5.41, 5.74) is 0.389. The number of carbonyl (C=O) groups is 1. The maximum Gasteiger partial charge on any atom is 0.254 e. The lowest BCUT2D eigenvalue weighted by Crippen LogP contribution is -2.44. The van der Waals surface area contributed by atoms with Gasteiger partial charge in [-0.25, -0.2) is 0 Å². The molecular formula is C13H15ClN2O. The number of nitriles is 1. The van der Waals surface area contributed by atoms with Crippen molar-refractivity contribution in [2.24, 2.45) is 0 Å². The molecule has 0 aromatic heterocycles. The third-order valence-corrected chi connectivity index (χ3v) is 3.28. The lowest BCUT2D eigenvalue weighted by atomic mass is 10.00. The van der Waals surface area contributed by atoms with Gasteiger partial charge in [0.1, 0.15) is 5.54 Å². The number of benzene rings is 1. The van der Waals surface area contributed by atoms with Crippen molar-refractivity contribution in [2.45, 2.75) is 32.7 Å². The highest BCUT2D eigenvalue weighted by atomic mass is 35.5. The highest BCUT2D eigenvalue weighted by Crippen LogP contribution is 2.21. The first-order chi connectivity index (χ1) is 7.93. The molecule has 0 radical (unpaired) electrons. The smallest absolute Gasteiger partial charge is 0.254 e. The molecule has 0 saturated carbocycles. The Bertz CT molecular complexity index is 479. The third-order valence-electron chi connectivity index (χ3n) is 2.78. The molecule has 0 fully saturated rings. The van der Waals surface area contributed by atoms with Crippen molar-refractivity contribution in [3.63, 3.8) is 0 Å². The average molecular weight is 251 g/mol. The first-order valence-electron chi connectivity index (χ1n) is 5.42. The van der Waals surface area contributed by atoms with Crippen molar-refractivity contribution in [2.75, 3.05) is 0 Å². The van der Waals surface area contributed by atoms with Crippen molar-refractivity contribution in [1.82, 2.24) is 5.32 Å². The second-order valence-corrected chi connectivity index (χ2v) is 4.57. The molecule has 90 valence electrons. The van der Waals surface area contributed by atoms with Gasteiger partial charge in [-0.05, 0) is 31.9 Å². The van der Waals surface area contributed by atoms with Crippen LogP contribution >= 0.6 is 11.6 Å². The van der Waals surface area contributed by atoms with Crippen LogP contribution in [-0.2, 0) is 0 Å². The minimum atomic E-state index is -0.857. The van der Waals surface area contributed by atoms with Crippen LogP contribution in [0.4, 0.5) is 0 Å². The van der Waals surface area contributed by atoms with E-state index in [2.05, 4.69) is 11.4 Å². The van der Waals surface area contributed by atoms with Crippen LogP contribution in [-0.4, -0.2) is 11.4 Å². The maximum absolute atomic E-state index is 12.0. The number of rotatable bonds is 3. The van der Waals surface area contributed by atoms with Gasteiger partial charge in [0.25, 0.3) is 5.91 Å². The van der Waals surface area contributed by atoms with E-state index in [4.69, 9.17) is 16.9 Å². The predicted molar refractivity (Wildman–Crippen MR) is 68.0 cm³/mol. The molecule has 1 atom stereocenters. The zero-order valence-electron chi connectivity index (χ0n) is 10.2. The van der Waals surface area contributed by atoms with E-state index in [1.54, 1.807) is 19.1 Å². The summed E-state index contributed by atoms with van der Waals surface area (Å²) in [4.78, 5) is 12.0. The van der Waals surface area contributed by atoms with Crippen molar-refractivity contribution in [3.05, 3.63) is 34.3 Å². The Hall–Kier alpha value is -1.53. The maximum atomic E-state index is 12.0. The number of aryl methyl sites for hydroxylation is 1. The van der Waals surface area contributed by atoms with E-state index >= 15 is 0 Å². The summed E-state index contributed by atoms with van der Waals surface area (Å²) in [7, 11) is 0. The van der Waals surface area contributed by atoms with Gasteiger partial charge in [0.15, 0.2) is 0 Å². The molecule has 0 bridgehead atoms. The fraction of sp³-hybridized carbons (Fsp3) is 0.385. The Morgan fingerprint density at radius 3 is 2.76 bits per heavy atom. The van der Waals surface area contributed by atoms with E-state index in [-0.39, 0.29) is 5.91 Å². The summed E-state index contributed by atoms with van der Waals surface area (Å²) in [6.07, 6.45) is 0.540. The molecule has 3 nitrogen and oxygen atoms in total. The van der Waals surface area contributed by atoms with Crippen molar-refractivity contribution < 1.29 is 4.79 Å². The van der Waals surface area contributed by atoms with Crippen LogP contribution < -0.4 is 5.32 Å². The number of hydrogen-bond acceptors (Lipinski definition) is 2. The van der Waals surface area contributed by atoms with Crippen LogP contribution in [0.25, 0.3) is 0 Å². The topological polar surface area (TPSA) is 52.9 Å². The van der Waals surface area contributed by atoms with E-state index in [1.807, 2.05) is 19.9 Å². The second-order valence-electron chi connectivity index (χ2n) is 4.19. The molecule has 4 heteroatoms. The lowest BCUT2D eigenvalue weighted by molar-refractivity contribution is 0.0923. The number of nitrogens with one attached hydrogen (secondary N) is 1. The van der Waals surface area contributed by atoms with Gasteiger partial charge in [-0.15, -0.1) is 0 Å². The predicted octanol–water partition coefficient (Wildman–Crippen LogP) is 3.07. The second kappa shape index (κ2) is 5.20. The standard InChI is InChI=1S/C13H15ClN2O/c1-4-13(3,8-15)16-12(17)10-7-5-6-9(2)11(10)14/h5-7H,4H2,1-3H3,(H,16,17). The van der Waals surface area contributed by atoms with E-state index < -0.39 is 5.54 Å². The number of nitrogens with zero attached hydrogens (tertiary/aromatic N) is 1. The molecule has 1 aromatic carbocycles. The first-order valence-corrected chi connectivity index (χ1v) is 5.80. The molecule has 1 aromatic rings. The van der Waals surface area contributed by atoms with Crippen molar-refractivity contribution >= 4 is 17.5 Å². The summed E-state index contributed by atoms with van der Waals surface area (Å²) >= 11 is 6.06. The largest absolute Gasteiger partial charge is 0.334 e. The van der Waals surface area contributed by atoms with E-state index in [0.29, 0.717) is 17.0 Å². The van der Waals surface area contributed by atoms with Gasteiger partial charge in [0.05, 0.1) is 16.7 Å². The normalized spacial score (nSPS) is 13.6. The summed E-state index contributed by atoms with van der Waals surface area (Å²) in [5, 5.41) is 12.1. The molecule has 0 aliphatic carbocycles. The number of hydrogen-bond donors (Lipinski definition) is 1. The minimum absolute atomic E-state index is 0.315. The summed E-state index contributed by atoms with van der Waals surface area (Å²) in [6.45, 7) is 5.37. The van der Waals surface area contributed by atoms with Crippen molar-refractivity contribution in [1.29, 1.82) is 5.26 Å². The fourth-order valence-corrected chi connectivity index (χ4v) is 1.55. The Labute approximate surface area is 106 Å². The molecule has 1 amide bonds. The van der Waals surface area contributed by atoms with Gasteiger partial charge < -0.3 is 5.32 Å². The Morgan fingerprint density at radius 1 is 1.59 bits per heavy atom. The molecule has 1 unspecified atom stereocenters. The molecule has 0 saturated heterocycles. The van der Waals surface area contributed by atoms with Crippen LogP contribution in [0.3, 0.4) is 0 Å². The number of amides is 1. The van der Waals surface area contributed by atoms with Crippen LogP contribution in [0.2, 0.25) is 5.02 Å². The summed E-state index contributed by atoms with van der Waals surface area (Å²) in [6, 6.07) is 7.34. The minimum Gasteiger partial charge on any atom is -0.334 e. The highest BCUT2D eigenvalue weighted by Gasteiger charge is 2.25. The van der Waals surface area contributed by atoms with Gasteiger partial charge >= 0.3 is 0 Å². The SMILES string of the molecule is CCC(C)(C#N)NC(=O)c1cccc(C)c1Cl. The van der Waals surface area contributed by atoms with E-state index in [9.17, 15) is 4.79 Å². The third kappa shape index (κ3) is 2.98. The van der Waals surface area contributed by atoms with Crippen LogP contribution in [0.1, 0.15) is 36.2 Å². The zero-order valence-corrected chi connectivity index (χ0v) is 10.9. The molecule has 1 rings (SSSR count). The highest BCUT2D eigenvalue weighted by molar-refractivity contribution is 6.34. The summed E-state index contributed by atoms with van der Waals surface area (Å²) in [5.74, 6) is -0.315. The first kappa shape index (κ1) is 13.5. The van der Waals surface area contributed by atoms with Gasteiger partial charge in [-0.2, -0.15) is 5.26 Å². The van der Waals surface area contributed by atoms with Gasteiger partial charge in [0.2, 0.25) is 0 Å². The van der Waals surface area contributed by atoms with Crippen molar-refractivity contribution in [3.8, 4) is 6.07 Å². The molecule has 17 heavy (non-hydrogen) atoms. The average Bonchev–Trinajstić information content (AvgIpc) is 2.32. The van der Waals surface area contributed by atoms with Gasteiger partial charge in [0, 0.05) is 0 Å². The Morgan fingerprint density at radius 2 is 2.24 bits per heavy atom. The molecule has 1 N–H and O–H groups in total. The quantitative estimate of drug-likeness (QED) is 0.896. The molecule has 0 heterocycles. The number of carbonyl (C=O) groups excluding carboxylic acids is 1. The van der Waals surface area contributed by atoms with Crippen LogP contribution in [0.15, 0.2) is 18.2 Å². The Kier molecular flexibility index (Phi) is 4.14. The molecule has 0 aliphatic heterocycles.